The zero-order valence-corrected chi connectivity index (χ0v) is 14.4. The Balaban J connectivity index is 1.38. The van der Waals surface area contributed by atoms with Crippen LogP contribution < -0.4 is 10.6 Å². The minimum atomic E-state index is 0.498. The summed E-state index contributed by atoms with van der Waals surface area (Å²) < 4.78 is 0. The molecular formula is C21H16N6. The zero-order valence-electron chi connectivity index (χ0n) is 14.4. The minimum Gasteiger partial charge on any atom is -0.378 e. The molecule has 2 aromatic heterocycles. The molecule has 27 heavy (non-hydrogen) atoms. The maximum absolute atomic E-state index is 8.83. The third kappa shape index (κ3) is 3.99. The maximum atomic E-state index is 8.83. The number of fused-ring (bicyclic) bond motifs is 1. The molecule has 2 heterocycles. The molecule has 0 aliphatic heterocycles. The Labute approximate surface area is 156 Å². The number of rotatable bonds is 5. The van der Waals surface area contributed by atoms with E-state index in [9.17, 15) is 0 Å². The molecular weight excluding hydrogens is 336 g/mol. The lowest BCUT2D eigenvalue weighted by molar-refractivity contribution is 1.09. The first-order chi connectivity index (χ1) is 13.3. The average molecular weight is 352 g/mol. The second-order valence-electron chi connectivity index (χ2n) is 6.00. The Morgan fingerprint density at radius 3 is 2.41 bits per heavy atom. The Hall–Kier alpha value is -3.98. The molecule has 0 saturated heterocycles. The van der Waals surface area contributed by atoms with Crippen LogP contribution in [0.5, 0.6) is 0 Å². The van der Waals surface area contributed by atoms with E-state index >= 15 is 0 Å². The van der Waals surface area contributed by atoms with Crippen LogP contribution in [0, 0.1) is 11.3 Å². The summed E-state index contributed by atoms with van der Waals surface area (Å²) in [5.74, 6) is 0.498. The normalized spacial score (nSPS) is 10.3. The molecule has 0 aliphatic carbocycles. The van der Waals surface area contributed by atoms with E-state index < -0.39 is 0 Å². The van der Waals surface area contributed by atoms with Gasteiger partial charge in [-0.1, -0.05) is 18.2 Å². The van der Waals surface area contributed by atoms with E-state index in [-0.39, 0.29) is 0 Å². The molecule has 0 atom stereocenters. The summed E-state index contributed by atoms with van der Waals surface area (Å²) in [4.78, 5) is 13.1. The van der Waals surface area contributed by atoms with Crippen LogP contribution in [0.3, 0.4) is 0 Å². The van der Waals surface area contributed by atoms with Crippen LogP contribution in [0.15, 0.2) is 73.2 Å². The number of nitriles is 1. The fourth-order valence-electron chi connectivity index (χ4n) is 2.66. The molecule has 4 aromatic rings. The first kappa shape index (κ1) is 16.5. The largest absolute Gasteiger partial charge is 0.378 e. The lowest BCUT2D eigenvalue weighted by atomic mass is 10.1. The van der Waals surface area contributed by atoms with Crippen molar-refractivity contribution in [2.45, 2.75) is 6.54 Å². The van der Waals surface area contributed by atoms with Gasteiger partial charge in [-0.2, -0.15) is 5.26 Å². The maximum Gasteiger partial charge on any atom is 0.227 e. The summed E-state index contributed by atoms with van der Waals surface area (Å²) in [6, 6.07) is 19.4. The van der Waals surface area contributed by atoms with Crippen molar-refractivity contribution in [1.82, 2.24) is 15.0 Å². The number of hydrogen-bond donors (Lipinski definition) is 2. The van der Waals surface area contributed by atoms with Crippen molar-refractivity contribution in [3.63, 3.8) is 0 Å². The first-order valence-corrected chi connectivity index (χ1v) is 8.47. The van der Waals surface area contributed by atoms with Crippen molar-refractivity contribution in [3.8, 4) is 6.07 Å². The van der Waals surface area contributed by atoms with E-state index in [1.165, 1.54) is 0 Å². The van der Waals surface area contributed by atoms with Crippen molar-refractivity contribution in [2.24, 2.45) is 0 Å². The highest BCUT2D eigenvalue weighted by atomic mass is 15.1. The number of nitrogens with zero attached hydrogens (tertiary/aromatic N) is 4. The van der Waals surface area contributed by atoms with E-state index in [0.29, 0.717) is 18.1 Å². The highest BCUT2D eigenvalue weighted by Gasteiger charge is 2.01. The SMILES string of the molecule is N#Cc1ccc(Nc2ncc(NCc3cnc4ccccc4c3)cn2)cc1. The van der Waals surface area contributed by atoms with Crippen LogP contribution in [-0.4, -0.2) is 15.0 Å². The van der Waals surface area contributed by atoms with Gasteiger partial charge in [-0.15, -0.1) is 0 Å². The molecule has 0 fully saturated rings. The number of aromatic nitrogens is 3. The first-order valence-electron chi connectivity index (χ1n) is 8.47. The van der Waals surface area contributed by atoms with Gasteiger partial charge in [0.1, 0.15) is 0 Å². The smallest absolute Gasteiger partial charge is 0.227 e. The third-order valence-electron chi connectivity index (χ3n) is 4.07. The Morgan fingerprint density at radius 1 is 0.852 bits per heavy atom. The van der Waals surface area contributed by atoms with Gasteiger partial charge < -0.3 is 10.6 Å². The minimum absolute atomic E-state index is 0.498. The zero-order chi connectivity index (χ0) is 18.5. The van der Waals surface area contributed by atoms with Crippen molar-refractivity contribution >= 4 is 28.2 Å². The van der Waals surface area contributed by atoms with Crippen LogP contribution >= 0.6 is 0 Å². The molecule has 0 saturated carbocycles. The molecule has 0 bridgehead atoms. The Morgan fingerprint density at radius 2 is 1.63 bits per heavy atom. The number of nitrogens with one attached hydrogen (secondary N) is 2. The molecule has 0 unspecified atom stereocenters. The Kier molecular flexibility index (Phi) is 4.58. The van der Waals surface area contributed by atoms with Gasteiger partial charge in [0.2, 0.25) is 5.95 Å². The van der Waals surface area contributed by atoms with Gasteiger partial charge in [-0.25, -0.2) is 9.97 Å². The van der Waals surface area contributed by atoms with E-state index in [4.69, 9.17) is 5.26 Å². The summed E-state index contributed by atoms with van der Waals surface area (Å²) >= 11 is 0. The van der Waals surface area contributed by atoms with E-state index in [1.807, 2.05) is 36.5 Å². The molecule has 0 spiro atoms. The number of para-hydroxylation sites is 1. The van der Waals surface area contributed by atoms with E-state index in [1.54, 1.807) is 24.5 Å². The highest BCUT2D eigenvalue weighted by molar-refractivity contribution is 5.78. The fourth-order valence-corrected chi connectivity index (χ4v) is 2.66. The number of hydrogen-bond acceptors (Lipinski definition) is 6. The lowest BCUT2D eigenvalue weighted by Gasteiger charge is -2.08. The van der Waals surface area contributed by atoms with Crippen LogP contribution in [0.1, 0.15) is 11.1 Å². The predicted molar refractivity (Wildman–Crippen MR) is 106 cm³/mol. The summed E-state index contributed by atoms with van der Waals surface area (Å²) in [6.07, 6.45) is 5.33. The molecule has 6 nitrogen and oxygen atoms in total. The van der Waals surface area contributed by atoms with Crippen molar-refractivity contribution < 1.29 is 0 Å². The van der Waals surface area contributed by atoms with Crippen molar-refractivity contribution in [2.75, 3.05) is 10.6 Å². The van der Waals surface area contributed by atoms with Gasteiger partial charge in [-0.05, 0) is 42.0 Å². The number of anilines is 3. The van der Waals surface area contributed by atoms with Gasteiger partial charge in [0.15, 0.2) is 0 Å². The van der Waals surface area contributed by atoms with Gasteiger partial charge in [0.25, 0.3) is 0 Å². The molecule has 6 heteroatoms. The molecule has 130 valence electrons. The molecule has 4 rings (SSSR count). The summed E-state index contributed by atoms with van der Waals surface area (Å²) in [7, 11) is 0. The van der Waals surface area contributed by atoms with Gasteiger partial charge in [0, 0.05) is 23.8 Å². The topological polar surface area (TPSA) is 86.5 Å². The number of pyridine rings is 1. The number of benzene rings is 2. The molecule has 0 aliphatic rings. The van der Waals surface area contributed by atoms with Crippen molar-refractivity contribution in [1.29, 1.82) is 5.26 Å². The average Bonchev–Trinajstić information content (AvgIpc) is 2.74. The van der Waals surface area contributed by atoms with Crippen LogP contribution in [0.4, 0.5) is 17.3 Å². The second kappa shape index (κ2) is 7.50. The van der Waals surface area contributed by atoms with Crippen LogP contribution in [-0.2, 0) is 6.54 Å². The summed E-state index contributed by atoms with van der Waals surface area (Å²) in [5, 5.41) is 16.4. The van der Waals surface area contributed by atoms with Gasteiger partial charge in [-0.3, -0.25) is 4.98 Å². The second-order valence-corrected chi connectivity index (χ2v) is 6.00. The predicted octanol–water partition coefficient (Wildman–Crippen LogP) is 4.25. The molecule has 2 N–H and O–H groups in total. The van der Waals surface area contributed by atoms with Crippen LogP contribution in [0.25, 0.3) is 10.9 Å². The quantitative estimate of drug-likeness (QED) is 0.558. The molecule has 0 amide bonds. The van der Waals surface area contributed by atoms with Gasteiger partial charge >= 0.3 is 0 Å². The lowest BCUT2D eigenvalue weighted by Crippen LogP contribution is -2.02. The fraction of sp³-hybridized carbons (Fsp3) is 0.0476. The highest BCUT2D eigenvalue weighted by Crippen LogP contribution is 2.16. The van der Waals surface area contributed by atoms with E-state index in [0.717, 1.165) is 27.8 Å². The summed E-state index contributed by atoms with van der Waals surface area (Å²) in [6.45, 7) is 0.642. The third-order valence-corrected chi connectivity index (χ3v) is 4.07. The monoisotopic (exact) mass is 352 g/mol. The van der Waals surface area contributed by atoms with Crippen LogP contribution in [0.2, 0.25) is 0 Å². The molecule has 0 radical (unpaired) electrons. The molecule has 2 aromatic carbocycles. The van der Waals surface area contributed by atoms with Crippen molar-refractivity contribution in [3.05, 3.63) is 84.3 Å². The van der Waals surface area contributed by atoms with E-state index in [2.05, 4.69) is 43.8 Å². The van der Waals surface area contributed by atoms with Gasteiger partial charge in [0.05, 0.1) is 35.2 Å². The summed E-state index contributed by atoms with van der Waals surface area (Å²) in [5.41, 5.74) is 4.35. The standard InChI is InChI=1S/C21H16N6/c22-10-15-5-7-18(8-6-15)27-21-25-13-19(14-26-21)23-11-16-9-17-3-1-2-4-20(17)24-12-16/h1-9,12-14,23H,11H2,(H,25,26,27). The Bertz CT molecular complexity index is 1100.